The molecule has 30 heavy (non-hydrogen) atoms. The van der Waals surface area contributed by atoms with Crippen LogP contribution in [0.4, 0.5) is 0 Å². The Kier molecular flexibility index (Phi) is 4.54. The second kappa shape index (κ2) is 7.64. The van der Waals surface area contributed by atoms with Crippen LogP contribution in [0.5, 0.6) is 0 Å². The molecule has 144 valence electrons. The van der Waals surface area contributed by atoms with E-state index in [1.54, 1.807) is 4.68 Å². The van der Waals surface area contributed by atoms with E-state index in [9.17, 15) is 0 Å². The first-order valence-corrected chi connectivity index (χ1v) is 9.58. The van der Waals surface area contributed by atoms with Gasteiger partial charge in [0.05, 0.1) is 11.7 Å². The van der Waals surface area contributed by atoms with Crippen LogP contribution < -0.4 is 0 Å². The minimum absolute atomic E-state index is 0.486. The number of pyridine rings is 1. The fourth-order valence-electron chi connectivity index (χ4n) is 3.25. The zero-order chi connectivity index (χ0) is 20.3. The molecule has 0 aliphatic rings. The average molecular weight is 390 g/mol. The zero-order valence-electron chi connectivity index (χ0n) is 16.4. The maximum Gasteiger partial charge on any atom is 0.205 e. The third kappa shape index (κ3) is 3.82. The Morgan fingerprint density at radius 2 is 1.67 bits per heavy atom. The molecule has 5 rings (SSSR count). The lowest BCUT2D eigenvalue weighted by Crippen LogP contribution is -1.94. The highest BCUT2D eigenvalue weighted by Gasteiger charge is 2.04. The van der Waals surface area contributed by atoms with Crippen LogP contribution in [-0.4, -0.2) is 29.4 Å². The summed E-state index contributed by atoms with van der Waals surface area (Å²) in [4.78, 5) is 8.74. The standard InChI is InChI=1S/C24H18N6/c1-29-16-21(15-27-29)20-7-9-23-12-22(28-30(23)17-20)8-10-24-25-13-19(14-26-24)11-18-5-3-2-4-6-18/h2-7,9,12-17H,11H2,1H3. The summed E-state index contributed by atoms with van der Waals surface area (Å²) in [6, 6.07) is 16.3. The summed E-state index contributed by atoms with van der Waals surface area (Å²) in [7, 11) is 1.90. The molecule has 6 heteroatoms. The van der Waals surface area contributed by atoms with Crippen molar-refractivity contribution in [3.63, 3.8) is 0 Å². The molecular formula is C24H18N6. The van der Waals surface area contributed by atoms with Gasteiger partial charge in [-0.25, -0.2) is 14.5 Å². The first-order chi connectivity index (χ1) is 14.7. The van der Waals surface area contributed by atoms with E-state index < -0.39 is 0 Å². The van der Waals surface area contributed by atoms with E-state index >= 15 is 0 Å². The van der Waals surface area contributed by atoms with Gasteiger partial charge in [-0.1, -0.05) is 36.4 Å². The van der Waals surface area contributed by atoms with Crippen molar-refractivity contribution in [1.82, 2.24) is 29.4 Å². The van der Waals surface area contributed by atoms with E-state index in [0.29, 0.717) is 11.5 Å². The van der Waals surface area contributed by atoms with Crippen molar-refractivity contribution in [3.05, 3.63) is 102 Å². The lowest BCUT2D eigenvalue weighted by molar-refractivity contribution is 0.768. The molecule has 0 fully saturated rings. The normalized spacial score (nSPS) is 10.7. The summed E-state index contributed by atoms with van der Waals surface area (Å²) in [5, 5.41) is 8.78. The Hall–Kier alpha value is -4.24. The molecule has 6 nitrogen and oxygen atoms in total. The predicted octanol–water partition coefficient (Wildman–Crippen LogP) is 3.52. The van der Waals surface area contributed by atoms with Crippen LogP contribution >= 0.6 is 0 Å². The first-order valence-electron chi connectivity index (χ1n) is 9.58. The molecule has 4 heterocycles. The third-order valence-corrected chi connectivity index (χ3v) is 4.76. The van der Waals surface area contributed by atoms with Gasteiger partial charge in [0.15, 0.2) is 0 Å². The van der Waals surface area contributed by atoms with E-state index in [4.69, 9.17) is 0 Å². The second-order valence-electron chi connectivity index (χ2n) is 7.05. The van der Waals surface area contributed by atoms with Crippen molar-refractivity contribution >= 4 is 5.52 Å². The van der Waals surface area contributed by atoms with Gasteiger partial charge in [0.25, 0.3) is 0 Å². The Morgan fingerprint density at radius 1 is 0.833 bits per heavy atom. The van der Waals surface area contributed by atoms with Gasteiger partial charge in [-0.2, -0.15) is 10.2 Å². The van der Waals surface area contributed by atoms with Gasteiger partial charge in [0.1, 0.15) is 5.69 Å². The van der Waals surface area contributed by atoms with Crippen molar-refractivity contribution in [3.8, 4) is 23.0 Å². The molecule has 0 unspecified atom stereocenters. The second-order valence-corrected chi connectivity index (χ2v) is 7.05. The molecule has 0 aliphatic carbocycles. The number of fused-ring (bicyclic) bond motifs is 1. The van der Waals surface area contributed by atoms with Crippen LogP contribution in [0, 0.1) is 11.8 Å². The van der Waals surface area contributed by atoms with Gasteiger partial charge >= 0.3 is 0 Å². The van der Waals surface area contributed by atoms with Gasteiger partial charge in [-0.3, -0.25) is 4.68 Å². The number of hydrogen-bond acceptors (Lipinski definition) is 4. The molecule has 0 radical (unpaired) electrons. The molecule has 0 saturated carbocycles. The molecule has 0 aliphatic heterocycles. The largest absolute Gasteiger partial charge is 0.275 e. The highest BCUT2D eigenvalue weighted by atomic mass is 15.2. The first kappa shape index (κ1) is 17.8. The number of nitrogens with zero attached hydrogens (tertiary/aromatic N) is 6. The Labute approximate surface area is 173 Å². The van der Waals surface area contributed by atoms with Gasteiger partial charge in [0.2, 0.25) is 5.82 Å². The van der Waals surface area contributed by atoms with E-state index in [1.807, 2.05) is 72.9 Å². The van der Waals surface area contributed by atoms with E-state index in [2.05, 4.69) is 50.2 Å². The maximum atomic E-state index is 4.55. The number of hydrogen-bond donors (Lipinski definition) is 0. The lowest BCUT2D eigenvalue weighted by Gasteiger charge is -2.00. The lowest BCUT2D eigenvalue weighted by atomic mass is 10.1. The van der Waals surface area contributed by atoms with Crippen LogP contribution in [0.25, 0.3) is 16.6 Å². The molecular weight excluding hydrogens is 372 g/mol. The third-order valence-electron chi connectivity index (χ3n) is 4.76. The topological polar surface area (TPSA) is 60.9 Å². The van der Waals surface area contributed by atoms with Crippen molar-refractivity contribution in [2.45, 2.75) is 6.42 Å². The molecule has 0 saturated heterocycles. The van der Waals surface area contributed by atoms with E-state index in [0.717, 1.165) is 28.6 Å². The number of aryl methyl sites for hydroxylation is 1. The molecule has 0 N–H and O–H groups in total. The van der Waals surface area contributed by atoms with Crippen molar-refractivity contribution in [2.75, 3.05) is 0 Å². The van der Waals surface area contributed by atoms with Crippen LogP contribution in [0.3, 0.4) is 0 Å². The van der Waals surface area contributed by atoms with E-state index in [1.165, 1.54) is 5.56 Å². The van der Waals surface area contributed by atoms with Gasteiger partial charge in [-0.05, 0) is 35.1 Å². The number of aromatic nitrogens is 6. The zero-order valence-corrected chi connectivity index (χ0v) is 16.4. The van der Waals surface area contributed by atoms with Crippen molar-refractivity contribution < 1.29 is 0 Å². The quantitative estimate of drug-likeness (QED) is 0.442. The average Bonchev–Trinajstić information content (AvgIpc) is 3.39. The Balaban J connectivity index is 1.34. The predicted molar refractivity (Wildman–Crippen MR) is 115 cm³/mol. The van der Waals surface area contributed by atoms with E-state index in [-0.39, 0.29) is 0 Å². The maximum absolute atomic E-state index is 4.55. The fourth-order valence-corrected chi connectivity index (χ4v) is 3.25. The smallest absolute Gasteiger partial charge is 0.205 e. The van der Waals surface area contributed by atoms with Gasteiger partial charge in [0, 0.05) is 49.4 Å². The van der Waals surface area contributed by atoms with Crippen LogP contribution in [0.1, 0.15) is 22.6 Å². The SMILES string of the molecule is Cn1cc(-c2ccc3cc(C#Cc4ncc(Cc5ccccc5)cn4)nn3c2)cn1. The Morgan fingerprint density at radius 3 is 2.43 bits per heavy atom. The van der Waals surface area contributed by atoms with Gasteiger partial charge < -0.3 is 0 Å². The summed E-state index contributed by atoms with van der Waals surface area (Å²) < 4.78 is 3.61. The summed E-state index contributed by atoms with van der Waals surface area (Å²) >= 11 is 0. The molecule has 1 aromatic carbocycles. The van der Waals surface area contributed by atoms with Crippen molar-refractivity contribution in [1.29, 1.82) is 0 Å². The summed E-state index contributed by atoms with van der Waals surface area (Å²) in [6.07, 6.45) is 10.3. The fraction of sp³-hybridized carbons (Fsp3) is 0.0833. The summed E-state index contributed by atoms with van der Waals surface area (Å²) in [5.41, 5.74) is 6.04. The minimum atomic E-state index is 0.486. The van der Waals surface area contributed by atoms with Crippen LogP contribution in [-0.2, 0) is 13.5 Å². The monoisotopic (exact) mass is 390 g/mol. The van der Waals surface area contributed by atoms with Crippen LogP contribution in [0.15, 0.2) is 79.5 Å². The molecule has 0 bridgehead atoms. The van der Waals surface area contributed by atoms with Gasteiger partial charge in [-0.15, -0.1) is 0 Å². The summed E-state index contributed by atoms with van der Waals surface area (Å²) in [6.45, 7) is 0. The molecule has 5 aromatic rings. The number of benzene rings is 1. The van der Waals surface area contributed by atoms with Crippen molar-refractivity contribution in [2.24, 2.45) is 7.05 Å². The highest BCUT2D eigenvalue weighted by molar-refractivity contribution is 5.64. The number of rotatable bonds is 3. The highest BCUT2D eigenvalue weighted by Crippen LogP contribution is 2.19. The minimum Gasteiger partial charge on any atom is -0.275 e. The summed E-state index contributed by atoms with van der Waals surface area (Å²) in [5.74, 6) is 6.55. The Bertz CT molecular complexity index is 1370. The molecule has 0 amide bonds. The molecule has 0 atom stereocenters. The molecule has 0 spiro atoms. The van der Waals surface area contributed by atoms with Crippen LogP contribution in [0.2, 0.25) is 0 Å². The molecule has 4 aromatic heterocycles.